The number of aromatic nitrogens is 5. The Morgan fingerprint density at radius 2 is 2.16 bits per heavy atom. The summed E-state index contributed by atoms with van der Waals surface area (Å²) < 4.78 is 7.22. The molecule has 1 aliphatic rings. The summed E-state index contributed by atoms with van der Waals surface area (Å²) in [6.45, 7) is 4.37. The highest BCUT2D eigenvalue weighted by Gasteiger charge is 2.34. The monoisotopic (exact) mass is 338 g/mol. The first-order valence-electron chi connectivity index (χ1n) is 8.20. The van der Waals surface area contributed by atoms with Crippen molar-refractivity contribution in [2.45, 2.75) is 32.7 Å². The lowest BCUT2D eigenvalue weighted by Crippen LogP contribution is -2.31. The molecule has 1 fully saturated rings. The van der Waals surface area contributed by atoms with E-state index in [0.29, 0.717) is 23.9 Å². The third-order valence-electron chi connectivity index (χ3n) is 4.46. The van der Waals surface area contributed by atoms with Gasteiger partial charge in [0.05, 0.1) is 5.69 Å². The van der Waals surface area contributed by atoms with E-state index in [1.54, 1.807) is 17.9 Å². The predicted octanol–water partition coefficient (Wildman–Crippen LogP) is 2.24. The average Bonchev–Trinajstić information content (AvgIpc) is 3.35. The zero-order valence-electron chi connectivity index (χ0n) is 14.1. The average molecular weight is 338 g/mol. The smallest absolute Gasteiger partial charge is 0.254 e. The largest absolute Gasteiger partial charge is 0.423 e. The van der Waals surface area contributed by atoms with Crippen LogP contribution in [-0.2, 0) is 0 Å². The number of likely N-dealkylation sites (tertiary alicyclic amines) is 1. The van der Waals surface area contributed by atoms with E-state index in [1.165, 1.54) is 6.33 Å². The maximum Gasteiger partial charge on any atom is 0.254 e. The van der Waals surface area contributed by atoms with E-state index in [0.717, 1.165) is 24.1 Å². The summed E-state index contributed by atoms with van der Waals surface area (Å²) in [4.78, 5) is 18.8. The van der Waals surface area contributed by atoms with E-state index in [2.05, 4.69) is 20.3 Å². The molecule has 0 radical (unpaired) electrons. The molecule has 1 amide bonds. The van der Waals surface area contributed by atoms with Crippen LogP contribution in [0.15, 0.2) is 35.3 Å². The second-order valence-electron chi connectivity index (χ2n) is 6.16. The number of carbonyl (C=O) groups excluding carboxylic acids is 1. The molecule has 0 aliphatic carbocycles. The summed E-state index contributed by atoms with van der Waals surface area (Å²) in [6.07, 6.45) is 4.87. The molecule has 8 nitrogen and oxygen atoms in total. The van der Waals surface area contributed by atoms with Gasteiger partial charge >= 0.3 is 0 Å². The minimum atomic E-state index is -0.150. The van der Waals surface area contributed by atoms with Crippen LogP contribution in [0.3, 0.4) is 0 Å². The SMILES string of the molecule is Cc1nnc([C@@H]2CCCN2C(=O)c2ccc(-n3cncn3)cc2C)o1. The maximum absolute atomic E-state index is 13.1. The van der Waals surface area contributed by atoms with E-state index in [-0.39, 0.29) is 11.9 Å². The van der Waals surface area contributed by atoms with Gasteiger partial charge in [-0.25, -0.2) is 9.67 Å². The number of benzene rings is 1. The van der Waals surface area contributed by atoms with Gasteiger partial charge in [-0.2, -0.15) is 5.10 Å². The number of hydrogen-bond acceptors (Lipinski definition) is 6. The van der Waals surface area contributed by atoms with Crippen molar-refractivity contribution in [3.05, 3.63) is 53.8 Å². The molecule has 8 heteroatoms. The van der Waals surface area contributed by atoms with Crippen molar-refractivity contribution in [3.63, 3.8) is 0 Å². The Hall–Kier alpha value is -3.03. The van der Waals surface area contributed by atoms with Crippen LogP contribution in [0.4, 0.5) is 0 Å². The highest BCUT2D eigenvalue weighted by atomic mass is 16.4. The quantitative estimate of drug-likeness (QED) is 0.727. The Balaban J connectivity index is 1.62. The molecule has 0 N–H and O–H groups in total. The van der Waals surface area contributed by atoms with Gasteiger partial charge in [0.1, 0.15) is 18.7 Å². The molecule has 1 aliphatic heterocycles. The van der Waals surface area contributed by atoms with Crippen LogP contribution in [0.1, 0.15) is 46.6 Å². The molecule has 0 unspecified atom stereocenters. The first-order chi connectivity index (χ1) is 12.1. The third-order valence-corrected chi connectivity index (χ3v) is 4.46. The van der Waals surface area contributed by atoms with Crippen LogP contribution in [0.25, 0.3) is 5.69 Å². The predicted molar refractivity (Wildman–Crippen MR) is 88.1 cm³/mol. The van der Waals surface area contributed by atoms with Crippen LogP contribution < -0.4 is 0 Å². The number of aryl methyl sites for hydroxylation is 2. The van der Waals surface area contributed by atoms with Gasteiger partial charge in [-0.15, -0.1) is 10.2 Å². The summed E-state index contributed by atoms with van der Waals surface area (Å²) in [7, 11) is 0. The fourth-order valence-corrected chi connectivity index (χ4v) is 3.24. The molecule has 25 heavy (non-hydrogen) atoms. The minimum Gasteiger partial charge on any atom is -0.423 e. The van der Waals surface area contributed by atoms with Crippen LogP contribution in [0, 0.1) is 13.8 Å². The van der Waals surface area contributed by atoms with Crippen molar-refractivity contribution < 1.29 is 9.21 Å². The third kappa shape index (κ3) is 2.79. The van der Waals surface area contributed by atoms with Crippen LogP contribution in [-0.4, -0.2) is 42.3 Å². The number of hydrogen-bond donors (Lipinski definition) is 0. The van der Waals surface area contributed by atoms with Gasteiger partial charge in [0, 0.05) is 19.0 Å². The topological polar surface area (TPSA) is 89.9 Å². The van der Waals surface area contributed by atoms with Crippen LogP contribution in [0.2, 0.25) is 0 Å². The molecule has 3 aromatic rings. The maximum atomic E-state index is 13.1. The molecular weight excluding hydrogens is 320 g/mol. The highest BCUT2D eigenvalue weighted by molar-refractivity contribution is 5.96. The molecule has 3 heterocycles. The van der Waals surface area contributed by atoms with Gasteiger partial charge in [0.2, 0.25) is 11.8 Å². The van der Waals surface area contributed by atoms with Crippen LogP contribution >= 0.6 is 0 Å². The molecule has 1 saturated heterocycles. The Morgan fingerprint density at radius 3 is 2.84 bits per heavy atom. The fraction of sp³-hybridized carbons (Fsp3) is 0.353. The standard InChI is InChI=1S/C17H18N6O2/c1-11-8-13(23-10-18-9-19-23)5-6-14(11)17(24)22-7-3-4-15(22)16-21-20-12(2)25-16/h5-6,8-10,15H,3-4,7H2,1-2H3/t15-/m0/s1. The lowest BCUT2D eigenvalue weighted by molar-refractivity contribution is 0.0714. The van der Waals surface area contributed by atoms with Gasteiger partial charge < -0.3 is 9.32 Å². The summed E-state index contributed by atoms with van der Waals surface area (Å²) >= 11 is 0. The van der Waals surface area contributed by atoms with E-state index >= 15 is 0 Å². The van der Waals surface area contributed by atoms with Gasteiger partial charge in [-0.05, 0) is 43.5 Å². The number of rotatable bonds is 3. The lowest BCUT2D eigenvalue weighted by atomic mass is 10.1. The zero-order chi connectivity index (χ0) is 17.4. The first kappa shape index (κ1) is 15.5. The minimum absolute atomic E-state index is 0.0130. The summed E-state index contributed by atoms with van der Waals surface area (Å²) in [5, 5.41) is 12.1. The summed E-state index contributed by atoms with van der Waals surface area (Å²) in [6, 6.07) is 5.49. The zero-order valence-corrected chi connectivity index (χ0v) is 14.1. The van der Waals surface area contributed by atoms with Crippen molar-refractivity contribution in [1.29, 1.82) is 0 Å². The number of nitrogens with zero attached hydrogens (tertiary/aromatic N) is 6. The normalized spacial score (nSPS) is 17.2. The Labute approximate surface area is 144 Å². The van der Waals surface area contributed by atoms with Crippen molar-refractivity contribution >= 4 is 5.91 Å². The van der Waals surface area contributed by atoms with E-state index in [9.17, 15) is 4.79 Å². The molecule has 0 spiro atoms. The van der Waals surface area contributed by atoms with E-state index in [4.69, 9.17) is 4.42 Å². The molecule has 1 atom stereocenters. The van der Waals surface area contributed by atoms with Crippen molar-refractivity contribution in [2.24, 2.45) is 0 Å². The Bertz CT molecular complexity index is 902. The highest BCUT2D eigenvalue weighted by Crippen LogP contribution is 2.33. The van der Waals surface area contributed by atoms with E-state index < -0.39 is 0 Å². The fourth-order valence-electron chi connectivity index (χ4n) is 3.24. The van der Waals surface area contributed by atoms with Gasteiger partial charge in [0.15, 0.2) is 0 Å². The van der Waals surface area contributed by atoms with Gasteiger partial charge in [-0.3, -0.25) is 4.79 Å². The molecule has 1 aromatic carbocycles. The van der Waals surface area contributed by atoms with Crippen molar-refractivity contribution in [2.75, 3.05) is 6.54 Å². The number of carbonyl (C=O) groups is 1. The Kier molecular flexibility index (Phi) is 3.79. The second kappa shape index (κ2) is 6.12. The van der Waals surface area contributed by atoms with Crippen molar-refractivity contribution in [3.8, 4) is 5.69 Å². The Morgan fingerprint density at radius 1 is 1.28 bits per heavy atom. The molecule has 2 aromatic heterocycles. The van der Waals surface area contributed by atoms with Gasteiger partial charge in [0.25, 0.3) is 5.91 Å². The summed E-state index contributed by atoms with van der Waals surface area (Å²) in [5.41, 5.74) is 2.44. The van der Waals surface area contributed by atoms with Crippen LogP contribution in [0.5, 0.6) is 0 Å². The lowest BCUT2D eigenvalue weighted by Gasteiger charge is -2.23. The first-order valence-corrected chi connectivity index (χ1v) is 8.20. The molecule has 0 saturated carbocycles. The van der Waals surface area contributed by atoms with Crippen molar-refractivity contribution in [1.82, 2.24) is 29.9 Å². The number of amides is 1. The second-order valence-corrected chi connectivity index (χ2v) is 6.16. The molecule has 4 rings (SSSR count). The van der Waals surface area contributed by atoms with E-state index in [1.807, 2.05) is 30.0 Å². The summed E-state index contributed by atoms with van der Waals surface area (Å²) in [5.74, 6) is 1.02. The molecular formula is C17H18N6O2. The molecule has 0 bridgehead atoms. The van der Waals surface area contributed by atoms with Gasteiger partial charge in [-0.1, -0.05) is 0 Å². The molecule has 128 valence electrons.